The van der Waals surface area contributed by atoms with Gasteiger partial charge in [0, 0.05) is 11.9 Å². The van der Waals surface area contributed by atoms with E-state index < -0.39 is 11.9 Å². The fourth-order valence-corrected chi connectivity index (χ4v) is 3.31. The fraction of sp³-hybridized carbons (Fsp3) is 0.692. The van der Waals surface area contributed by atoms with E-state index in [9.17, 15) is 9.90 Å². The first kappa shape index (κ1) is 14.3. The Kier molecular flexibility index (Phi) is 4.76. The number of aromatic nitrogens is 1. The highest BCUT2D eigenvalue weighted by atomic mass is 32.1. The average molecular weight is 284 g/mol. The summed E-state index contributed by atoms with van der Waals surface area (Å²) < 4.78 is 5.37. The van der Waals surface area contributed by atoms with Crippen LogP contribution >= 0.6 is 11.3 Å². The first-order chi connectivity index (χ1) is 9.17. The molecule has 2 unspecified atom stereocenters. The van der Waals surface area contributed by atoms with Crippen LogP contribution in [0.1, 0.15) is 26.0 Å². The second-order valence-corrected chi connectivity index (χ2v) is 5.55. The normalized spacial score (nSPS) is 22.6. The number of carboxylic acids is 1. The zero-order valence-electron chi connectivity index (χ0n) is 11.3. The van der Waals surface area contributed by atoms with E-state index in [1.54, 1.807) is 11.3 Å². The first-order valence-electron chi connectivity index (χ1n) is 6.69. The molecule has 2 rings (SSSR count). The molecule has 0 aliphatic carbocycles. The summed E-state index contributed by atoms with van der Waals surface area (Å²) in [4.78, 5) is 18.0. The quantitative estimate of drug-likeness (QED) is 0.866. The molecule has 1 aromatic heterocycles. The van der Waals surface area contributed by atoms with Gasteiger partial charge < -0.3 is 14.7 Å². The predicted octanol–water partition coefficient (Wildman–Crippen LogP) is 2.02. The van der Waals surface area contributed by atoms with Crippen molar-refractivity contribution < 1.29 is 14.6 Å². The molecule has 2 atom stereocenters. The van der Waals surface area contributed by atoms with Crippen molar-refractivity contribution >= 4 is 22.4 Å². The number of carbonyl (C=O) groups is 1. The molecule has 1 saturated heterocycles. The van der Waals surface area contributed by atoms with Crippen LogP contribution < -0.4 is 4.90 Å². The summed E-state index contributed by atoms with van der Waals surface area (Å²) in [6, 6.07) is -0.103. The Morgan fingerprint density at radius 3 is 2.95 bits per heavy atom. The lowest BCUT2D eigenvalue weighted by Gasteiger charge is -2.29. The Bertz CT molecular complexity index is 435. The summed E-state index contributed by atoms with van der Waals surface area (Å²) in [5, 5.41) is 12.2. The monoisotopic (exact) mass is 284 g/mol. The van der Waals surface area contributed by atoms with Gasteiger partial charge in [0.2, 0.25) is 0 Å². The Hall–Kier alpha value is -1.14. The molecule has 106 valence electrons. The summed E-state index contributed by atoms with van der Waals surface area (Å²) >= 11 is 1.59. The molecule has 0 aromatic carbocycles. The molecule has 0 saturated carbocycles. The van der Waals surface area contributed by atoms with E-state index in [1.807, 2.05) is 5.38 Å². The largest absolute Gasteiger partial charge is 0.481 e. The van der Waals surface area contributed by atoms with E-state index in [2.05, 4.69) is 23.7 Å². The highest BCUT2D eigenvalue weighted by molar-refractivity contribution is 7.13. The van der Waals surface area contributed by atoms with Crippen LogP contribution in [-0.2, 0) is 16.0 Å². The number of nitrogens with zero attached hydrogens (tertiary/aromatic N) is 2. The van der Waals surface area contributed by atoms with Gasteiger partial charge in [-0.05, 0) is 12.8 Å². The minimum atomic E-state index is -0.782. The molecule has 5 nitrogen and oxygen atoms in total. The SMILES string of the molecule is CCCN(c1nc(CC)cs1)C1COCC1C(=O)O. The highest BCUT2D eigenvalue weighted by Crippen LogP contribution is 2.29. The van der Waals surface area contributed by atoms with Gasteiger partial charge in [0.25, 0.3) is 0 Å². The maximum Gasteiger partial charge on any atom is 0.311 e. The number of carboxylic acid groups (broad SMARTS) is 1. The zero-order chi connectivity index (χ0) is 13.8. The number of hydrogen-bond donors (Lipinski definition) is 1. The molecule has 2 heterocycles. The molecule has 1 aliphatic rings. The Balaban J connectivity index is 2.21. The van der Waals surface area contributed by atoms with Gasteiger partial charge in [0.1, 0.15) is 5.92 Å². The van der Waals surface area contributed by atoms with Crippen LogP contribution in [0.4, 0.5) is 5.13 Å². The summed E-state index contributed by atoms with van der Waals surface area (Å²) in [7, 11) is 0. The number of aryl methyl sites for hydroxylation is 1. The highest BCUT2D eigenvalue weighted by Gasteiger charge is 2.38. The molecule has 0 amide bonds. The maximum absolute atomic E-state index is 11.3. The zero-order valence-corrected chi connectivity index (χ0v) is 12.2. The molecule has 19 heavy (non-hydrogen) atoms. The van der Waals surface area contributed by atoms with Gasteiger partial charge in [-0.3, -0.25) is 4.79 Å². The van der Waals surface area contributed by atoms with Crippen molar-refractivity contribution in [3.63, 3.8) is 0 Å². The number of thiazole rings is 1. The summed E-state index contributed by atoms with van der Waals surface area (Å²) in [5.74, 6) is -1.24. The molecular formula is C13H20N2O3S. The van der Waals surface area contributed by atoms with Crippen molar-refractivity contribution in [3.8, 4) is 0 Å². The van der Waals surface area contributed by atoms with E-state index in [0.29, 0.717) is 13.2 Å². The maximum atomic E-state index is 11.3. The third-order valence-electron chi connectivity index (χ3n) is 3.38. The lowest BCUT2D eigenvalue weighted by Crippen LogP contribution is -2.43. The average Bonchev–Trinajstić information content (AvgIpc) is 3.04. The van der Waals surface area contributed by atoms with Crippen LogP contribution in [0.15, 0.2) is 5.38 Å². The van der Waals surface area contributed by atoms with Crippen LogP contribution in [0, 0.1) is 5.92 Å². The van der Waals surface area contributed by atoms with Gasteiger partial charge in [0.15, 0.2) is 5.13 Å². The fourth-order valence-electron chi connectivity index (χ4n) is 2.32. The first-order valence-corrected chi connectivity index (χ1v) is 7.56. The van der Waals surface area contributed by atoms with Crippen molar-refractivity contribution in [1.82, 2.24) is 4.98 Å². The van der Waals surface area contributed by atoms with Crippen LogP contribution in [0.5, 0.6) is 0 Å². The van der Waals surface area contributed by atoms with E-state index in [4.69, 9.17) is 4.74 Å². The Morgan fingerprint density at radius 2 is 2.37 bits per heavy atom. The molecule has 0 spiro atoms. The number of anilines is 1. The molecule has 6 heteroatoms. The van der Waals surface area contributed by atoms with Gasteiger partial charge in [-0.25, -0.2) is 4.98 Å². The molecule has 1 N–H and O–H groups in total. The van der Waals surface area contributed by atoms with Gasteiger partial charge in [-0.1, -0.05) is 13.8 Å². The minimum Gasteiger partial charge on any atom is -0.481 e. The number of hydrogen-bond acceptors (Lipinski definition) is 5. The Morgan fingerprint density at radius 1 is 1.58 bits per heavy atom. The molecule has 1 fully saturated rings. The molecule has 1 aliphatic heterocycles. The number of ether oxygens (including phenoxy) is 1. The summed E-state index contributed by atoms with van der Waals surface area (Å²) in [6.07, 6.45) is 1.86. The van der Waals surface area contributed by atoms with Crippen LogP contribution in [0.25, 0.3) is 0 Å². The lowest BCUT2D eigenvalue weighted by atomic mass is 10.0. The smallest absolute Gasteiger partial charge is 0.311 e. The molecule has 0 radical (unpaired) electrons. The van der Waals surface area contributed by atoms with Crippen molar-refractivity contribution in [2.24, 2.45) is 5.92 Å². The summed E-state index contributed by atoms with van der Waals surface area (Å²) in [6.45, 7) is 5.74. The topological polar surface area (TPSA) is 62.7 Å². The third-order valence-corrected chi connectivity index (χ3v) is 4.31. The van der Waals surface area contributed by atoms with Gasteiger partial charge in [-0.2, -0.15) is 0 Å². The van der Waals surface area contributed by atoms with E-state index in [0.717, 1.165) is 30.2 Å². The van der Waals surface area contributed by atoms with E-state index >= 15 is 0 Å². The van der Waals surface area contributed by atoms with Gasteiger partial charge >= 0.3 is 5.97 Å². The molecule has 0 bridgehead atoms. The van der Waals surface area contributed by atoms with Gasteiger partial charge in [0.05, 0.1) is 24.9 Å². The lowest BCUT2D eigenvalue weighted by molar-refractivity contribution is -0.141. The summed E-state index contributed by atoms with van der Waals surface area (Å²) in [5.41, 5.74) is 1.06. The minimum absolute atomic E-state index is 0.103. The van der Waals surface area contributed by atoms with E-state index in [1.165, 1.54) is 0 Å². The third kappa shape index (κ3) is 3.06. The van der Waals surface area contributed by atoms with Crippen LogP contribution in [0.2, 0.25) is 0 Å². The van der Waals surface area contributed by atoms with Crippen molar-refractivity contribution in [2.75, 3.05) is 24.7 Å². The predicted molar refractivity (Wildman–Crippen MR) is 74.9 cm³/mol. The van der Waals surface area contributed by atoms with Crippen molar-refractivity contribution in [2.45, 2.75) is 32.7 Å². The Labute approximate surface area is 117 Å². The molecule has 1 aromatic rings. The van der Waals surface area contributed by atoms with E-state index in [-0.39, 0.29) is 6.04 Å². The number of aliphatic carboxylic acids is 1. The van der Waals surface area contributed by atoms with Crippen molar-refractivity contribution in [3.05, 3.63) is 11.1 Å². The standard InChI is InChI=1S/C13H20N2O3S/c1-3-5-15(13-14-9(4-2)8-19-13)11-7-18-6-10(11)12(16)17/h8,10-11H,3-7H2,1-2H3,(H,16,17). The second kappa shape index (κ2) is 6.34. The number of rotatable bonds is 6. The second-order valence-electron chi connectivity index (χ2n) is 4.72. The van der Waals surface area contributed by atoms with Crippen molar-refractivity contribution in [1.29, 1.82) is 0 Å². The van der Waals surface area contributed by atoms with Crippen LogP contribution in [0.3, 0.4) is 0 Å². The van der Waals surface area contributed by atoms with Gasteiger partial charge in [-0.15, -0.1) is 11.3 Å². The van der Waals surface area contributed by atoms with Crippen LogP contribution in [-0.4, -0.2) is 41.9 Å². The molecular weight excluding hydrogens is 264 g/mol.